The van der Waals surface area contributed by atoms with Gasteiger partial charge in [-0.1, -0.05) is 61.2 Å². The first-order valence-corrected chi connectivity index (χ1v) is 12.2. The molecule has 1 N–H and O–H groups in total. The number of phenolic OH excluding ortho intramolecular Hbond substituents is 1. The number of ether oxygens (including phenoxy) is 1. The molecule has 0 saturated carbocycles. The van der Waals surface area contributed by atoms with Crippen LogP contribution in [0, 0.1) is 0 Å². The molecule has 1 heterocycles. The minimum atomic E-state index is -0.769. The number of aromatic nitrogens is 3. The quantitative estimate of drug-likeness (QED) is 0.287. The molecule has 182 valence electrons. The highest BCUT2D eigenvalue weighted by Crippen LogP contribution is 2.41. The fourth-order valence-electron chi connectivity index (χ4n) is 4.89. The van der Waals surface area contributed by atoms with Gasteiger partial charge < -0.3 is 9.84 Å². The number of nitrogens with zero attached hydrogens (tertiary/aromatic N) is 3. The Morgan fingerprint density at radius 2 is 1.68 bits per heavy atom. The molecule has 6 heteroatoms. The van der Waals surface area contributed by atoms with E-state index in [1.54, 1.807) is 25.1 Å². The summed E-state index contributed by atoms with van der Waals surface area (Å²) >= 11 is 0. The third kappa shape index (κ3) is 4.16. The summed E-state index contributed by atoms with van der Waals surface area (Å²) < 4.78 is 6.43. The van der Waals surface area contributed by atoms with Crippen LogP contribution < -0.4 is 4.74 Å². The second kappa shape index (κ2) is 9.06. The number of carbonyl (C=O) groups is 1. The van der Waals surface area contributed by atoms with Gasteiger partial charge in [0.2, 0.25) is 0 Å². The number of rotatable bonds is 7. The first-order valence-electron chi connectivity index (χ1n) is 12.2. The average Bonchev–Trinajstić information content (AvgIpc) is 3.51. The SMILES string of the molecule is C=C(C)C(=O)C(Cc1ccc(O)c(-n2nc3ccccc3n2)c1)Oc1cccc2c1Cc1ccccc1-2. The Labute approximate surface area is 214 Å². The highest BCUT2D eigenvalue weighted by molar-refractivity contribution is 5.98. The smallest absolute Gasteiger partial charge is 0.198 e. The highest BCUT2D eigenvalue weighted by Gasteiger charge is 2.27. The third-order valence-corrected chi connectivity index (χ3v) is 6.75. The summed E-state index contributed by atoms with van der Waals surface area (Å²) in [6.45, 7) is 5.57. The predicted molar refractivity (Wildman–Crippen MR) is 143 cm³/mol. The maximum absolute atomic E-state index is 13.2. The summed E-state index contributed by atoms with van der Waals surface area (Å²) in [5, 5.41) is 19.5. The minimum Gasteiger partial charge on any atom is -0.506 e. The molecule has 0 saturated heterocycles. The monoisotopic (exact) mass is 487 g/mol. The van der Waals surface area contributed by atoms with E-state index in [0.29, 0.717) is 23.4 Å². The molecule has 1 aliphatic carbocycles. The molecule has 0 fully saturated rings. The Balaban J connectivity index is 1.33. The van der Waals surface area contributed by atoms with Crippen LogP contribution in [-0.4, -0.2) is 32.0 Å². The molecule has 4 aromatic carbocycles. The van der Waals surface area contributed by atoms with Crippen LogP contribution in [0.4, 0.5) is 0 Å². The Morgan fingerprint density at radius 3 is 2.43 bits per heavy atom. The predicted octanol–water partition coefficient (Wildman–Crippen LogP) is 5.83. The molecule has 0 radical (unpaired) electrons. The zero-order valence-electron chi connectivity index (χ0n) is 20.4. The van der Waals surface area contributed by atoms with Crippen LogP contribution in [-0.2, 0) is 17.6 Å². The molecular formula is C31H25N3O3. The van der Waals surface area contributed by atoms with Crippen molar-refractivity contribution in [3.05, 3.63) is 114 Å². The number of fused-ring (bicyclic) bond motifs is 4. The first kappa shape index (κ1) is 22.7. The van der Waals surface area contributed by atoms with E-state index in [1.165, 1.54) is 15.9 Å². The van der Waals surface area contributed by atoms with Gasteiger partial charge >= 0.3 is 0 Å². The van der Waals surface area contributed by atoms with Gasteiger partial charge in [0.15, 0.2) is 11.9 Å². The van der Waals surface area contributed by atoms with Crippen molar-refractivity contribution in [2.75, 3.05) is 0 Å². The summed E-state index contributed by atoms with van der Waals surface area (Å²) in [7, 11) is 0. The van der Waals surface area contributed by atoms with E-state index in [1.807, 2.05) is 48.5 Å². The summed E-state index contributed by atoms with van der Waals surface area (Å²) in [6, 6.07) is 27.0. The molecule has 1 aromatic heterocycles. The van der Waals surface area contributed by atoms with Gasteiger partial charge in [-0.05, 0) is 65.1 Å². The van der Waals surface area contributed by atoms with Crippen LogP contribution >= 0.6 is 0 Å². The molecule has 6 nitrogen and oxygen atoms in total. The molecule has 37 heavy (non-hydrogen) atoms. The van der Waals surface area contributed by atoms with Crippen LogP contribution in [0.15, 0.2) is 97.1 Å². The lowest BCUT2D eigenvalue weighted by Gasteiger charge is -2.21. The fraction of sp³-hybridized carbons (Fsp3) is 0.129. The third-order valence-electron chi connectivity index (χ3n) is 6.75. The van der Waals surface area contributed by atoms with E-state index in [4.69, 9.17) is 4.74 Å². The number of aromatic hydroxyl groups is 1. The molecular weight excluding hydrogens is 462 g/mol. The van der Waals surface area contributed by atoms with Gasteiger partial charge in [0.05, 0.1) is 0 Å². The second-order valence-electron chi connectivity index (χ2n) is 9.37. The largest absolute Gasteiger partial charge is 0.506 e. The molecule has 0 bridgehead atoms. The maximum Gasteiger partial charge on any atom is 0.198 e. The molecule has 1 unspecified atom stereocenters. The van der Waals surface area contributed by atoms with Gasteiger partial charge in [-0.3, -0.25) is 4.79 Å². The minimum absolute atomic E-state index is 0.0476. The van der Waals surface area contributed by atoms with Crippen molar-refractivity contribution in [3.63, 3.8) is 0 Å². The number of benzene rings is 4. The van der Waals surface area contributed by atoms with Crippen molar-refractivity contribution in [3.8, 4) is 28.3 Å². The normalized spacial score (nSPS) is 12.7. The lowest BCUT2D eigenvalue weighted by atomic mass is 10.00. The standard InChI is InChI=1S/C31H25N3O3/c1-19(2)31(36)30(37-29-13-7-10-23-22-9-4-3-8-21(22)18-24(23)29)17-20-14-15-28(35)27(16-20)34-32-25-11-5-6-12-26(25)33-34/h3-16,30,35H,1,17-18H2,2H3. The molecule has 0 aliphatic heterocycles. The Kier molecular flexibility index (Phi) is 5.57. The summed E-state index contributed by atoms with van der Waals surface area (Å²) in [6.07, 6.45) is 0.295. The molecule has 6 rings (SSSR count). The van der Waals surface area contributed by atoms with E-state index in [0.717, 1.165) is 34.1 Å². The summed E-state index contributed by atoms with van der Waals surface area (Å²) in [5.74, 6) is 0.587. The van der Waals surface area contributed by atoms with Crippen molar-refractivity contribution in [1.82, 2.24) is 15.0 Å². The van der Waals surface area contributed by atoms with E-state index < -0.39 is 6.10 Å². The van der Waals surface area contributed by atoms with Crippen molar-refractivity contribution >= 4 is 16.8 Å². The van der Waals surface area contributed by atoms with Crippen LogP contribution in [0.3, 0.4) is 0 Å². The van der Waals surface area contributed by atoms with Gasteiger partial charge in [-0.15, -0.1) is 15.0 Å². The number of Topliss-reactive ketones (excluding diaryl/α,β-unsaturated/α-hetero) is 1. The molecule has 5 aromatic rings. The van der Waals surface area contributed by atoms with Gasteiger partial charge in [0.25, 0.3) is 0 Å². The Morgan fingerprint density at radius 1 is 0.973 bits per heavy atom. The molecule has 1 aliphatic rings. The second-order valence-corrected chi connectivity index (χ2v) is 9.37. The Bertz CT molecular complexity index is 1650. The summed E-state index contributed by atoms with van der Waals surface area (Å²) in [4.78, 5) is 14.6. The van der Waals surface area contributed by atoms with Crippen LogP contribution in [0.25, 0.3) is 27.8 Å². The van der Waals surface area contributed by atoms with Gasteiger partial charge in [0.1, 0.15) is 28.2 Å². The van der Waals surface area contributed by atoms with Crippen molar-refractivity contribution < 1.29 is 14.6 Å². The van der Waals surface area contributed by atoms with Crippen LogP contribution in [0.1, 0.15) is 23.6 Å². The zero-order valence-corrected chi connectivity index (χ0v) is 20.4. The highest BCUT2D eigenvalue weighted by atomic mass is 16.5. The van der Waals surface area contributed by atoms with Crippen LogP contribution in [0.5, 0.6) is 11.5 Å². The summed E-state index contributed by atoms with van der Waals surface area (Å²) in [5.41, 5.74) is 7.80. The van der Waals surface area contributed by atoms with E-state index in [2.05, 4.69) is 35.0 Å². The average molecular weight is 488 g/mol. The van der Waals surface area contributed by atoms with Crippen molar-refractivity contribution in [2.24, 2.45) is 0 Å². The van der Waals surface area contributed by atoms with Crippen molar-refractivity contribution in [1.29, 1.82) is 0 Å². The molecule has 1 atom stereocenters. The van der Waals surface area contributed by atoms with E-state index in [-0.39, 0.29) is 11.5 Å². The number of ketones is 1. The van der Waals surface area contributed by atoms with Crippen LogP contribution in [0.2, 0.25) is 0 Å². The van der Waals surface area contributed by atoms with E-state index in [9.17, 15) is 9.90 Å². The van der Waals surface area contributed by atoms with Gasteiger partial charge in [-0.2, -0.15) is 0 Å². The lowest BCUT2D eigenvalue weighted by Crippen LogP contribution is -2.30. The number of hydrogen-bond acceptors (Lipinski definition) is 5. The van der Waals surface area contributed by atoms with Gasteiger partial charge in [-0.25, -0.2) is 0 Å². The van der Waals surface area contributed by atoms with Crippen molar-refractivity contribution in [2.45, 2.75) is 25.9 Å². The number of carbonyl (C=O) groups excluding carboxylic acids is 1. The zero-order chi connectivity index (χ0) is 25.5. The number of hydrogen-bond donors (Lipinski definition) is 1. The van der Waals surface area contributed by atoms with Gasteiger partial charge in [0, 0.05) is 18.4 Å². The van der Waals surface area contributed by atoms with E-state index >= 15 is 0 Å². The number of phenols is 1. The lowest BCUT2D eigenvalue weighted by molar-refractivity contribution is -0.121. The Hall–Kier alpha value is -4.71. The molecule has 0 amide bonds. The fourth-order valence-corrected chi connectivity index (χ4v) is 4.89. The molecule has 0 spiro atoms. The topological polar surface area (TPSA) is 77.2 Å². The maximum atomic E-state index is 13.2. The first-order chi connectivity index (χ1) is 18.0.